The van der Waals surface area contributed by atoms with E-state index in [-0.39, 0.29) is 11.6 Å². The van der Waals surface area contributed by atoms with Crippen LogP contribution in [0.3, 0.4) is 0 Å². The van der Waals surface area contributed by atoms with Crippen LogP contribution in [0.15, 0.2) is 64.9 Å². The van der Waals surface area contributed by atoms with Gasteiger partial charge in [-0.25, -0.2) is 0 Å². The summed E-state index contributed by atoms with van der Waals surface area (Å²) in [4.78, 5) is 23.0. The van der Waals surface area contributed by atoms with Gasteiger partial charge in [-0.3, -0.25) is 4.79 Å². The summed E-state index contributed by atoms with van der Waals surface area (Å²) in [6.07, 6.45) is 4.01. The lowest BCUT2D eigenvalue weighted by atomic mass is 10.2. The Balaban J connectivity index is 1.77. The minimum atomic E-state index is -0.140. The minimum Gasteiger partial charge on any atom is -0.427 e. The molecule has 2 N–H and O–H groups in total. The van der Waals surface area contributed by atoms with E-state index in [4.69, 9.17) is 0 Å². The third kappa shape index (κ3) is 3.81. The van der Waals surface area contributed by atoms with Crippen molar-refractivity contribution in [3.8, 4) is 0 Å². The molecule has 8 heteroatoms. The van der Waals surface area contributed by atoms with Crippen molar-refractivity contribution in [2.45, 2.75) is 6.92 Å². The summed E-state index contributed by atoms with van der Waals surface area (Å²) in [6, 6.07) is 13.7. The molecule has 26 heavy (non-hydrogen) atoms. The summed E-state index contributed by atoms with van der Waals surface area (Å²) in [7, 11) is 0. The van der Waals surface area contributed by atoms with Crippen LogP contribution in [0.1, 0.15) is 18.2 Å². The van der Waals surface area contributed by atoms with E-state index in [1.54, 1.807) is 48.5 Å². The molecule has 3 rings (SSSR count). The average molecular weight is 350 g/mol. The van der Waals surface area contributed by atoms with E-state index in [9.17, 15) is 14.9 Å². The maximum Gasteiger partial charge on any atom is 0.289 e. The number of benzene rings is 2. The van der Waals surface area contributed by atoms with Crippen molar-refractivity contribution in [1.29, 1.82) is 0 Å². The number of anilines is 1. The van der Waals surface area contributed by atoms with Crippen LogP contribution in [0.4, 0.5) is 5.69 Å². The van der Waals surface area contributed by atoms with E-state index in [1.165, 1.54) is 25.5 Å². The second-order valence-electron chi connectivity index (χ2n) is 5.47. The number of nitrogens with one attached hydrogen (secondary N) is 1. The topological polar surface area (TPSA) is 102 Å². The van der Waals surface area contributed by atoms with Gasteiger partial charge in [-0.05, 0) is 23.8 Å². The molecule has 0 fully saturated rings. The molecule has 0 radical (unpaired) electrons. The number of hydrogen-bond acceptors (Lipinski definition) is 5. The Kier molecular flexibility index (Phi) is 4.84. The molecule has 0 saturated heterocycles. The zero-order valence-electron chi connectivity index (χ0n) is 13.9. The van der Waals surface area contributed by atoms with Crippen LogP contribution in [-0.4, -0.2) is 28.3 Å². The minimum absolute atomic E-state index is 0.140. The van der Waals surface area contributed by atoms with Crippen molar-refractivity contribution in [2.24, 2.45) is 10.2 Å². The lowest BCUT2D eigenvalue weighted by molar-refractivity contribution is -0.465. The number of para-hydroxylation sites is 2. The Hall–Kier alpha value is -3.81. The molecule has 0 aliphatic carbocycles. The summed E-state index contributed by atoms with van der Waals surface area (Å²) in [5.74, 6) is -0.140. The number of aromatic nitrogens is 2. The van der Waals surface area contributed by atoms with Crippen LogP contribution in [0, 0.1) is 4.91 Å². The van der Waals surface area contributed by atoms with Crippen LogP contribution in [-0.2, 0) is 4.79 Å². The zero-order chi connectivity index (χ0) is 18.5. The van der Waals surface area contributed by atoms with E-state index in [1.807, 2.05) is 0 Å². The Morgan fingerprint density at radius 1 is 1.12 bits per heavy atom. The maximum atomic E-state index is 12.0. The van der Waals surface area contributed by atoms with E-state index in [0.717, 1.165) is 10.3 Å². The van der Waals surface area contributed by atoms with E-state index < -0.39 is 0 Å². The third-order valence-electron chi connectivity index (χ3n) is 3.54. The van der Waals surface area contributed by atoms with Crippen LogP contribution < -0.4 is 9.74 Å². The molecule has 0 saturated carbocycles. The summed E-state index contributed by atoms with van der Waals surface area (Å²) in [6.45, 7) is 1.44. The summed E-state index contributed by atoms with van der Waals surface area (Å²) < 4.78 is 1.54. The highest BCUT2D eigenvalue weighted by Gasteiger charge is 2.13. The standard InChI is InChI=1S/C18H15N5O3/c1-13(24)21-15-8-6-14(7-9-15)10-19-20-11-16-12-22(25)17-4-2-3-5-18(17)23(16)26/h2-12,26H,1H3/p+1. The molecule has 1 heterocycles. The second-order valence-corrected chi connectivity index (χ2v) is 5.47. The van der Waals surface area contributed by atoms with Crippen molar-refractivity contribution in [3.05, 3.63) is 70.9 Å². The Bertz CT molecular complexity index is 1070. The fourth-order valence-electron chi connectivity index (χ4n) is 2.35. The van der Waals surface area contributed by atoms with Gasteiger partial charge in [0.2, 0.25) is 5.91 Å². The summed E-state index contributed by atoms with van der Waals surface area (Å²) >= 11 is 0. The van der Waals surface area contributed by atoms with Gasteiger partial charge in [0, 0.05) is 23.6 Å². The van der Waals surface area contributed by atoms with Crippen LogP contribution >= 0.6 is 0 Å². The molecule has 3 aromatic rings. The maximum absolute atomic E-state index is 12.0. The Morgan fingerprint density at radius 2 is 1.81 bits per heavy atom. The normalized spacial score (nSPS) is 11.4. The van der Waals surface area contributed by atoms with Gasteiger partial charge < -0.3 is 10.5 Å². The number of rotatable bonds is 4. The van der Waals surface area contributed by atoms with E-state index >= 15 is 0 Å². The van der Waals surface area contributed by atoms with Gasteiger partial charge >= 0.3 is 0 Å². The molecular formula is C18H16N5O3+. The largest absolute Gasteiger partial charge is 0.427 e. The van der Waals surface area contributed by atoms with Gasteiger partial charge in [-0.15, -0.1) is 0 Å². The Labute approximate surface area is 148 Å². The van der Waals surface area contributed by atoms with Crippen LogP contribution in [0.25, 0.3) is 11.0 Å². The number of carbonyl (C=O) groups excluding carboxylic acids is 1. The van der Waals surface area contributed by atoms with Crippen molar-refractivity contribution in [2.75, 3.05) is 5.32 Å². The molecule has 0 bridgehead atoms. The van der Waals surface area contributed by atoms with Crippen molar-refractivity contribution >= 4 is 35.1 Å². The first-order valence-electron chi connectivity index (χ1n) is 7.75. The second kappa shape index (κ2) is 7.39. The number of amides is 1. The quantitative estimate of drug-likeness (QED) is 0.326. The molecule has 1 amide bonds. The summed E-state index contributed by atoms with van der Waals surface area (Å²) in [5.41, 5.74) is 2.37. The molecule has 0 atom stereocenters. The zero-order valence-corrected chi connectivity index (χ0v) is 13.9. The SMILES string of the molecule is CC(=O)Nc1ccc(/C=N\N=C/c2c[n+](=O)c3ccccc3n2O)cc1. The molecule has 0 aliphatic heterocycles. The predicted octanol–water partition coefficient (Wildman–Crippen LogP) is 2.20. The number of hydrogen-bond donors (Lipinski definition) is 2. The molecule has 0 aliphatic rings. The van der Waals surface area contributed by atoms with Gasteiger partial charge in [-0.2, -0.15) is 14.9 Å². The third-order valence-corrected chi connectivity index (χ3v) is 3.54. The molecule has 8 nitrogen and oxygen atoms in total. The smallest absolute Gasteiger partial charge is 0.289 e. The van der Waals surface area contributed by atoms with Crippen LogP contribution in [0.2, 0.25) is 0 Å². The van der Waals surface area contributed by atoms with Gasteiger partial charge in [-0.1, -0.05) is 24.3 Å². The average Bonchev–Trinajstić information content (AvgIpc) is 2.63. The van der Waals surface area contributed by atoms with Crippen molar-refractivity contribution < 1.29 is 14.4 Å². The highest BCUT2D eigenvalue weighted by Crippen LogP contribution is 2.09. The number of fused-ring (bicyclic) bond motifs is 1. The lowest BCUT2D eigenvalue weighted by Crippen LogP contribution is -2.20. The first-order chi connectivity index (χ1) is 12.5. The molecule has 0 spiro atoms. The highest BCUT2D eigenvalue weighted by atomic mass is 16.5. The van der Waals surface area contributed by atoms with Gasteiger partial charge in [0.25, 0.3) is 11.7 Å². The highest BCUT2D eigenvalue weighted by molar-refractivity contribution is 5.89. The first-order valence-corrected chi connectivity index (χ1v) is 7.75. The lowest BCUT2D eigenvalue weighted by Gasteiger charge is -2.01. The van der Waals surface area contributed by atoms with Gasteiger partial charge in [0.1, 0.15) is 0 Å². The van der Waals surface area contributed by atoms with E-state index in [0.29, 0.717) is 21.1 Å². The Morgan fingerprint density at radius 3 is 2.54 bits per heavy atom. The van der Waals surface area contributed by atoms with Crippen LogP contribution in [0.5, 0.6) is 0 Å². The van der Waals surface area contributed by atoms with Crippen molar-refractivity contribution in [1.82, 2.24) is 4.73 Å². The molecular weight excluding hydrogens is 334 g/mol. The monoisotopic (exact) mass is 350 g/mol. The first kappa shape index (κ1) is 17.0. The van der Waals surface area contributed by atoms with Gasteiger partial charge in [0.05, 0.1) is 16.9 Å². The fraction of sp³-hybridized carbons (Fsp3) is 0.0556. The predicted molar refractivity (Wildman–Crippen MR) is 98.4 cm³/mol. The number of nitrogens with zero attached hydrogens (tertiary/aromatic N) is 4. The molecule has 1 aromatic heterocycles. The van der Waals surface area contributed by atoms with E-state index in [2.05, 4.69) is 15.5 Å². The van der Waals surface area contributed by atoms with Gasteiger partial charge in [0.15, 0.2) is 11.2 Å². The summed E-state index contributed by atoms with van der Waals surface area (Å²) in [5, 5.41) is 20.6. The molecule has 0 unspecified atom stereocenters. The molecule has 130 valence electrons. The molecule has 2 aromatic carbocycles. The van der Waals surface area contributed by atoms with Crippen molar-refractivity contribution in [3.63, 3.8) is 0 Å². The number of carbonyl (C=O) groups is 1. The fourth-order valence-corrected chi connectivity index (χ4v) is 2.35.